The molecule has 18 heteroatoms. The Morgan fingerprint density at radius 2 is 1.89 bits per heavy atom. The normalized spacial score (nSPS) is 19.1. The largest absolute Gasteiger partial charge is 0.453 e. The summed E-state index contributed by atoms with van der Waals surface area (Å²) < 4.78 is 73.3. The minimum atomic E-state index is -4.50. The fourth-order valence-electron chi connectivity index (χ4n) is 5.63. The first-order chi connectivity index (χ1) is 21.3. The van der Waals surface area contributed by atoms with Crippen molar-refractivity contribution < 1.29 is 35.9 Å². The lowest BCUT2D eigenvalue weighted by Gasteiger charge is -2.35. The summed E-state index contributed by atoms with van der Waals surface area (Å²) in [5.41, 5.74) is 0.639. The van der Waals surface area contributed by atoms with Crippen LogP contribution in [0.2, 0.25) is 0 Å². The molecular formula is C27H33F3N8O5S2. The lowest BCUT2D eigenvalue weighted by molar-refractivity contribution is -0.169. The zero-order chi connectivity index (χ0) is 32.5. The number of sulfonamides is 1. The van der Waals surface area contributed by atoms with E-state index in [1.54, 1.807) is 19.1 Å². The second-order valence-electron chi connectivity index (χ2n) is 10.9. The number of ether oxygens (including phenoxy) is 1. The number of para-hydroxylation sites is 1. The first-order valence-corrected chi connectivity index (χ1v) is 16.5. The van der Waals surface area contributed by atoms with Crippen molar-refractivity contribution in [1.82, 2.24) is 29.1 Å². The van der Waals surface area contributed by atoms with E-state index in [9.17, 15) is 31.2 Å². The number of methoxy groups -OCH3 is 1. The van der Waals surface area contributed by atoms with Gasteiger partial charge in [-0.1, -0.05) is 17.4 Å². The molecule has 0 bridgehead atoms. The highest BCUT2D eigenvalue weighted by Gasteiger charge is 2.48. The number of likely N-dealkylation sites (tertiary alicyclic amines) is 1. The third-order valence-electron chi connectivity index (χ3n) is 7.76. The summed E-state index contributed by atoms with van der Waals surface area (Å²) in [6, 6.07) is 2.82. The molecule has 244 valence electrons. The van der Waals surface area contributed by atoms with Gasteiger partial charge in [-0.05, 0) is 38.8 Å². The highest BCUT2D eigenvalue weighted by molar-refractivity contribution is 7.91. The van der Waals surface area contributed by atoms with E-state index in [4.69, 9.17) is 0 Å². The molecule has 0 radical (unpaired) electrons. The molecule has 2 aromatic heterocycles. The molecule has 2 amide bonds. The van der Waals surface area contributed by atoms with Crippen molar-refractivity contribution in [2.24, 2.45) is 0 Å². The lowest BCUT2D eigenvalue weighted by atomic mass is 10.1. The predicted octanol–water partition coefficient (Wildman–Crippen LogP) is 3.55. The Morgan fingerprint density at radius 3 is 2.58 bits per heavy atom. The van der Waals surface area contributed by atoms with Crippen molar-refractivity contribution in [2.75, 3.05) is 57.0 Å². The molecule has 1 aromatic carbocycles. The molecule has 2 aliphatic heterocycles. The summed E-state index contributed by atoms with van der Waals surface area (Å²) in [6.45, 7) is 5.51. The average Bonchev–Trinajstić information content (AvgIpc) is 3.64. The van der Waals surface area contributed by atoms with Crippen LogP contribution in [0.25, 0.3) is 10.9 Å². The summed E-state index contributed by atoms with van der Waals surface area (Å²) in [6.07, 6.45) is -3.82. The second-order valence-corrected chi connectivity index (χ2v) is 14.0. The summed E-state index contributed by atoms with van der Waals surface area (Å²) in [5, 5.41) is 6.35. The molecule has 0 saturated carbocycles. The number of rotatable bonds is 8. The van der Waals surface area contributed by atoms with Gasteiger partial charge >= 0.3 is 12.3 Å². The van der Waals surface area contributed by atoms with Crippen LogP contribution in [0.15, 0.2) is 28.7 Å². The number of piperazine rings is 1. The van der Waals surface area contributed by atoms with Crippen molar-refractivity contribution in [3.63, 3.8) is 0 Å². The number of aromatic nitrogens is 3. The molecular weight excluding hydrogens is 637 g/mol. The molecule has 3 aromatic rings. The van der Waals surface area contributed by atoms with Crippen LogP contribution in [0.4, 0.5) is 28.9 Å². The number of hydrogen-bond donors (Lipinski definition) is 2. The molecule has 0 aliphatic carbocycles. The minimum absolute atomic E-state index is 0.0264. The van der Waals surface area contributed by atoms with Gasteiger partial charge in [0.05, 0.1) is 23.9 Å². The Kier molecular flexibility index (Phi) is 9.48. The van der Waals surface area contributed by atoms with Crippen molar-refractivity contribution in [2.45, 2.75) is 49.2 Å². The molecule has 2 fully saturated rings. The lowest BCUT2D eigenvalue weighted by Crippen LogP contribution is -2.50. The molecule has 5 rings (SSSR count). The Labute approximate surface area is 261 Å². The molecule has 2 N–H and O–H groups in total. The number of amides is 2. The number of carbonyl (C=O) groups is 2. The summed E-state index contributed by atoms with van der Waals surface area (Å²) in [5.74, 6) is -0.274. The van der Waals surface area contributed by atoms with Crippen molar-refractivity contribution >= 4 is 55.2 Å². The maximum atomic E-state index is 13.5. The maximum absolute atomic E-state index is 13.5. The quantitative estimate of drug-likeness (QED) is 0.364. The topological polar surface area (TPSA) is 150 Å². The van der Waals surface area contributed by atoms with E-state index in [-0.39, 0.29) is 64.6 Å². The number of halogens is 3. The van der Waals surface area contributed by atoms with Crippen molar-refractivity contribution in [1.29, 1.82) is 0 Å². The average molecular weight is 671 g/mol. The molecule has 45 heavy (non-hydrogen) atoms. The van der Waals surface area contributed by atoms with Gasteiger partial charge in [0.15, 0.2) is 9.34 Å². The standard InChI is InChI=1S/C27H33F3N8O5S2/c1-16(14-36-10-12-37(13-11-36)45(41,42)24-17(2)34-25(44-24)35-26(40)43-3)33-22-18-6-4-7-19(21(18)31-15-32-22)23(39)38-9-5-8-20(38)27(28,29)30/h4,6-7,15-16,20H,5,8-14H2,1-3H3,(H,31,32,33)(H,34,35,40)/t16-,20-/m0/s1. The highest BCUT2D eigenvalue weighted by Crippen LogP contribution is 2.35. The monoisotopic (exact) mass is 670 g/mol. The van der Waals surface area contributed by atoms with Gasteiger partial charge in [0.1, 0.15) is 18.2 Å². The van der Waals surface area contributed by atoms with E-state index in [0.29, 0.717) is 30.8 Å². The first-order valence-electron chi connectivity index (χ1n) is 14.2. The van der Waals surface area contributed by atoms with E-state index < -0.39 is 34.2 Å². The van der Waals surface area contributed by atoms with Crippen LogP contribution in [-0.4, -0.2) is 114 Å². The zero-order valence-corrected chi connectivity index (χ0v) is 26.4. The number of hydrogen-bond acceptors (Lipinski definition) is 11. The number of carbonyl (C=O) groups excluding carboxylic acids is 2. The first kappa shape index (κ1) is 32.8. The Morgan fingerprint density at radius 1 is 1.16 bits per heavy atom. The van der Waals surface area contributed by atoms with Gasteiger partial charge in [0.2, 0.25) is 0 Å². The van der Waals surface area contributed by atoms with E-state index in [1.807, 2.05) is 6.92 Å². The van der Waals surface area contributed by atoms with Gasteiger partial charge in [0, 0.05) is 50.7 Å². The second kappa shape index (κ2) is 13.0. The molecule has 2 aliphatic rings. The SMILES string of the molecule is COC(=O)Nc1nc(C)c(S(=O)(=O)N2CCN(C[C@H](C)Nc3ncnc4c(C(=O)N5CCC[C@H]5C(F)(F)F)cccc34)CC2)s1. The predicted molar refractivity (Wildman–Crippen MR) is 161 cm³/mol. The van der Waals surface area contributed by atoms with Crippen LogP contribution in [-0.2, 0) is 14.8 Å². The van der Waals surface area contributed by atoms with E-state index in [0.717, 1.165) is 16.2 Å². The number of aryl methyl sites for hydroxylation is 1. The Hall–Kier alpha value is -3.61. The number of thiazole rings is 1. The Bertz CT molecular complexity index is 1680. The summed E-state index contributed by atoms with van der Waals surface area (Å²) in [7, 11) is -2.62. The number of fused-ring (bicyclic) bond motifs is 1. The van der Waals surface area contributed by atoms with E-state index >= 15 is 0 Å². The molecule has 2 saturated heterocycles. The van der Waals surface area contributed by atoms with Gasteiger partial charge in [-0.3, -0.25) is 15.0 Å². The van der Waals surface area contributed by atoms with Crippen LogP contribution in [0.3, 0.4) is 0 Å². The molecule has 0 unspecified atom stereocenters. The molecule has 2 atom stereocenters. The molecule has 13 nitrogen and oxygen atoms in total. The van der Waals surface area contributed by atoms with Gasteiger partial charge < -0.3 is 15.0 Å². The summed E-state index contributed by atoms with van der Waals surface area (Å²) >= 11 is 0.866. The molecule has 0 spiro atoms. The van der Waals surface area contributed by atoms with Gasteiger partial charge in [-0.15, -0.1) is 0 Å². The molecule has 4 heterocycles. The van der Waals surface area contributed by atoms with Crippen LogP contribution in [0, 0.1) is 6.92 Å². The maximum Gasteiger partial charge on any atom is 0.413 e. The number of anilines is 2. The van der Waals surface area contributed by atoms with Gasteiger partial charge in [-0.25, -0.2) is 28.2 Å². The number of nitrogens with one attached hydrogen (secondary N) is 2. The van der Waals surface area contributed by atoms with E-state index in [2.05, 4.69) is 35.2 Å². The van der Waals surface area contributed by atoms with Crippen LogP contribution in [0.1, 0.15) is 35.8 Å². The third-order valence-corrected chi connectivity index (χ3v) is 11.3. The van der Waals surface area contributed by atoms with Crippen LogP contribution in [0.5, 0.6) is 0 Å². The van der Waals surface area contributed by atoms with E-state index in [1.165, 1.54) is 23.8 Å². The smallest absolute Gasteiger partial charge is 0.413 e. The van der Waals surface area contributed by atoms with Crippen molar-refractivity contribution in [3.05, 3.63) is 35.8 Å². The van der Waals surface area contributed by atoms with Gasteiger partial charge in [0.25, 0.3) is 15.9 Å². The third kappa shape index (κ3) is 6.97. The number of benzene rings is 1. The van der Waals surface area contributed by atoms with Gasteiger partial charge in [-0.2, -0.15) is 17.5 Å². The van der Waals surface area contributed by atoms with Crippen LogP contribution >= 0.6 is 11.3 Å². The minimum Gasteiger partial charge on any atom is -0.453 e. The fraction of sp³-hybridized carbons (Fsp3) is 0.519. The number of alkyl halides is 3. The zero-order valence-electron chi connectivity index (χ0n) is 24.8. The number of nitrogens with zero attached hydrogens (tertiary/aromatic N) is 6. The van der Waals surface area contributed by atoms with Crippen molar-refractivity contribution in [3.8, 4) is 0 Å². The Balaban J connectivity index is 1.22. The fourth-order valence-corrected chi connectivity index (χ4v) is 8.59. The summed E-state index contributed by atoms with van der Waals surface area (Å²) in [4.78, 5) is 40.4. The highest BCUT2D eigenvalue weighted by atomic mass is 32.2. The van der Waals surface area contributed by atoms with Crippen LogP contribution < -0.4 is 10.6 Å².